The van der Waals surface area contributed by atoms with E-state index in [2.05, 4.69) is 12.2 Å². The topological polar surface area (TPSA) is 91.6 Å². The summed E-state index contributed by atoms with van der Waals surface area (Å²) in [4.78, 5) is 39.7. The fraction of sp³-hybridized carbons (Fsp3) is 0.381. The molecule has 0 spiro atoms. The molecule has 1 fully saturated rings. The number of aromatic hydroxyl groups is 1. The number of nitrogens with one attached hydrogen (secondary N) is 1. The molecule has 0 bridgehead atoms. The molecule has 4 rings (SSSR count). The molecule has 2 atom stereocenters. The normalized spacial score (nSPS) is 20.2. The number of pyridine rings is 1. The first kappa shape index (κ1) is 21.4. The van der Waals surface area contributed by atoms with E-state index < -0.39 is 34.6 Å². The van der Waals surface area contributed by atoms with Crippen LogP contribution in [0.4, 0.5) is 8.78 Å². The molecule has 2 aliphatic heterocycles. The maximum absolute atomic E-state index is 13.8. The zero-order valence-electron chi connectivity index (χ0n) is 16.7. The second-order valence-electron chi connectivity index (χ2n) is 7.55. The van der Waals surface area contributed by atoms with Crippen LogP contribution in [0.2, 0.25) is 0 Å². The van der Waals surface area contributed by atoms with Crippen LogP contribution < -0.4 is 10.7 Å². The van der Waals surface area contributed by atoms with Gasteiger partial charge in [-0.05, 0) is 18.9 Å². The molecular formula is C21H21F2N3O4S. The summed E-state index contributed by atoms with van der Waals surface area (Å²) in [5.41, 5.74) is -1.39. The van der Waals surface area contributed by atoms with Crippen LogP contribution in [0.3, 0.4) is 0 Å². The highest BCUT2D eigenvalue weighted by Gasteiger charge is 2.39. The van der Waals surface area contributed by atoms with Crippen LogP contribution in [-0.4, -0.2) is 43.6 Å². The second-order valence-corrected chi connectivity index (χ2v) is 9.03. The fourth-order valence-corrected chi connectivity index (χ4v) is 5.36. The number of carbonyl (C=O) groups is 2. The van der Waals surface area contributed by atoms with E-state index in [0.29, 0.717) is 24.4 Å². The maximum atomic E-state index is 13.8. The molecule has 1 aromatic heterocycles. The van der Waals surface area contributed by atoms with Crippen LogP contribution in [0.25, 0.3) is 0 Å². The van der Waals surface area contributed by atoms with Gasteiger partial charge in [-0.25, -0.2) is 8.78 Å². The Morgan fingerprint density at radius 3 is 2.81 bits per heavy atom. The van der Waals surface area contributed by atoms with Crippen molar-refractivity contribution in [2.24, 2.45) is 0 Å². The van der Waals surface area contributed by atoms with Crippen molar-refractivity contribution < 1.29 is 23.5 Å². The summed E-state index contributed by atoms with van der Waals surface area (Å²) in [7, 11) is 0. The largest absolute Gasteiger partial charge is 0.503 e. The van der Waals surface area contributed by atoms with Gasteiger partial charge < -0.3 is 19.9 Å². The van der Waals surface area contributed by atoms with Gasteiger partial charge in [0.15, 0.2) is 11.4 Å². The van der Waals surface area contributed by atoms with Crippen LogP contribution >= 0.6 is 11.8 Å². The van der Waals surface area contributed by atoms with Crippen molar-refractivity contribution in [3.8, 4) is 5.75 Å². The van der Waals surface area contributed by atoms with Gasteiger partial charge in [-0.15, -0.1) is 11.8 Å². The maximum Gasteiger partial charge on any atom is 0.275 e. The van der Waals surface area contributed by atoms with Crippen molar-refractivity contribution in [2.45, 2.75) is 43.5 Å². The van der Waals surface area contributed by atoms with Crippen molar-refractivity contribution in [1.82, 2.24) is 14.8 Å². The lowest BCUT2D eigenvalue weighted by molar-refractivity contribution is 0.0654. The average molecular weight is 449 g/mol. The van der Waals surface area contributed by atoms with E-state index in [1.165, 1.54) is 16.8 Å². The number of halogens is 2. The number of rotatable bonds is 4. The van der Waals surface area contributed by atoms with Crippen LogP contribution in [0.15, 0.2) is 29.2 Å². The van der Waals surface area contributed by atoms with Crippen molar-refractivity contribution in [3.63, 3.8) is 0 Å². The van der Waals surface area contributed by atoms with E-state index in [-0.39, 0.29) is 28.7 Å². The van der Waals surface area contributed by atoms with Crippen LogP contribution in [0, 0.1) is 11.6 Å². The van der Waals surface area contributed by atoms with Crippen molar-refractivity contribution in [3.05, 3.63) is 63.1 Å². The van der Waals surface area contributed by atoms with Gasteiger partial charge in [0.2, 0.25) is 5.43 Å². The first-order chi connectivity index (χ1) is 14.8. The highest BCUT2D eigenvalue weighted by molar-refractivity contribution is 8.00. The minimum Gasteiger partial charge on any atom is -0.503 e. The monoisotopic (exact) mass is 449 g/mol. The summed E-state index contributed by atoms with van der Waals surface area (Å²) >= 11 is 1.67. The number of hydrogen-bond acceptors (Lipinski definition) is 5. The number of benzene rings is 1. The average Bonchev–Trinajstić information content (AvgIpc) is 2.74. The minimum atomic E-state index is -0.966. The molecule has 31 heavy (non-hydrogen) atoms. The number of thioether (sulfide) groups is 1. The molecule has 10 heteroatoms. The fourth-order valence-electron chi connectivity index (χ4n) is 3.89. The van der Waals surface area contributed by atoms with Gasteiger partial charge >= 0.3 is 0 Å². The number of hydrogen-bond donors (Lipinski definition) is 2. The van der Waals surface area contributed by atoms with Gasteiger partial charge in [0.05, 0.1) is 11.9 Å². The molecule has 2 aromatic rings. The Bertz CT molecular complexity index is 1120. The molecule has 1 aromatic carbocycles. The van der Waals surface area contributed by atoms with Crippen molar-refractivity contribution >= 4 is 23.6 Å². The molecule has 0 saturated carbocycles. The third-order valence-electron chi connectivity index (χ3n) is 5.62. The summed E-state index contributed by atoms with van der Waals surface area (Å²) in [5.74, 6) is -3.59. The lowest BCUT2D eigenvalue weighted by Gasteiger charge is -2.42. The Morgan fingerprint density at radius 2 is 2.10 bits per heavy atom. The molecule has 164 valence electrons. The lowest BCUT2D eigenvalue weighted by Crippen LogP contribution is -2.51. The van der Waals surface area contributed by atoms with Crippen LogP contribution in [0.1, 0.15) is 46.2 Å². The third kappa shape index (κ3) is 3.91. The van der Waals surface area contributed by atoms with E-state index in [4.69, 9.17) is 0 Å². The summed E-state index contributed by atoms with van der Waals surface area (Å²) < 4.78 is 28.3. The SMILES string of the molecule is CCC1CCN2C(=O)c3c(O)c(=O)c(C(=O)NCc4ccc(F)cc4F)cn3CC2S1. The first-order valence-electron chi connectivity index (χ1n) is 9.95. The number of carbonyl (C=O) groups excluding carboxylic acids is 2. The number of nitrogens with zero attached hydrogens (tertiary/aromatic N) is 2. The number of amides is 2. The van der Waals surface area contributed by atoms with Gasteiger partial charge in [0.25, 0.3) is 11.8 Å². The van der Waals surface area contributed by atoms with Gasteiger partial charge in [0, 0.05) is 36.2 Å². The number of aromatic nitrogens is 1. The second kappa shape index (κ2) is 8.33. The molecule has 2 amide bonds. The van der Waals surface area contributed by atoms with E-state index in [1.807, 2.05) is 0 Å². The van der Waals surface area contributed by atoms with Crippen molar-refractivity contribution in [1.29, 1.82) is 0 Å². The quantitative estimate of drug-likeness (QED) is 0.748. The highest BCUT2D eigenvalue weighted by Crippen LogP contribution is 2.37. The third-order valence-corrected chi connectivity index (χ3v) is 7.29. The highest BCUT2D eigenvalue weighted by atomic mass is 32.2. The predicted molar refractivity (Wildman–Crippen MR) is 111 cm³/mol. The van der Waals surface area contributed by atoms with Crippen LogP contribution in [-0.2, 0) is 13.1 Å². The summed E-state index contributed by atoms with van der Waals surface area (Å²) in [6, 6.07) is 2.95. The number of fused-ring (bicyclic) bond motifs is 2. The minimum absolute atomic E-state index is 0.0482. The predicted octanol–water partition coefficient (Wildman–Crippen LogP) is 2.46. The van der Waals surface area contributed by atoms with E-state index >= 15 is 0 Å². The Labute approximate surface area is 181 Å². The molecule has 0 radical (unpaired) electrons. The Balaban J connectivity index is 1.60. The van der Waals surface area contributed by atoms with Gasteiger partial charge in [-0.2, -0.15) is 0 Å². The Morgan fingerprint density at radius 1 is 1.32 bits per heavy atom. The zero-order valence-corrected chi connectivity index (χ0v) is 17.5. The van der Waals surface area contributed by atoms with E-state index in [1.54, 1.807) is 16.7 Å². The van der Waals surface area contributed by atoms with Crippen LogP contribution in [0.5, 0.6) is 5.75 Å². The molecule has 7 nitrogen and oxygen atoms in total. The standard InChI is InChI=1S/C21H21F2N3O4S/c1-2-13-5-6-26-16(31-13)10-25-9-14(18(27)19(28)17(25)21(26)30)20(29)24-8-11-3-4-12(22)7-15(11)23/h3-4,7,9,13,16,28H,2,5-6,8,10H2,1H3,(H,24,29). The molecule has 2 unspecified atom stereocenters. The Hall–Kier alpha value is -2.88. The smallest absolute Gasteiger partial charge is 0.275 e. The molecule has 2 N–H and O–H groups in total. The Kier molecular flexibility index (Phi) is 5.74. The summed E-state index contributed by atoms with van der Waals surface area (Å²) in [6.07, 6.45) is 3.08. The lowest BCUT2D eigenvalue weighted by atomic mass is 10.1. The molecule has 1 saturated heterocycles. The molecule has 0 aliphatic carbocycles. The van der Waals surface area contributed by atoms with Gasteiger partial charge in [-0.3, -0.25) is 14.4 Å². The van der Waals surface area contributed by atoms with Gasteiger partial charge in [0.1, 0.15) is 17.2 Å². The van der Waals surface area contributed by atoms with E-state index in [0.717, 1.165) is 18.9 Å². The summed E-state index contributed by atoms with van der Waals surface area (Å²) in [5, 5.41) is 13.1. The van der Waals surface area contributed by atoms with Crippen molar-refractivity contribution in [2.75, 3.05) is 6.54 Å². The van der Waals surface area contributed by atoms with E-state index in [9.17, 15) is 28.3 Å². The molecule has 3 heterocycles. The molecular weight excluding hydrogens is 428 g/mol. The zero-order chi connectivity index (χ0) is 22.3. The van der Waals surface area contributed by atoms with Gasteiger partial charge in [-0.1, -0.05) is 13.0 Å². The first-order valence-corrected chi connectivity index (χ1v) is 10.9. The molecule has 2 aliphatic rings. The summed E-state index contributed by atoms with van der Waals surface area (Å²) in [6.45, 7) is 2.70.